The third-order valence-electron chi connectivity index (χ3n) is 4.69. The molecule has 0 aromatic rings. The maximum atomic E-state index is 4.95. The van der Waals surface area contributed by atoms with Gasteiger partial charge in [-0.3, -0.25) is 4.99 Å². The minimum Gasteiger partial charge on any atom is -0.359 e. The van der Waals surface area contributed by atoms with E-state index in [0.29, 0.717) is 17.6 Å². The fourth-order valence-corrected chi connectivity index (χ4v) is 4.16. The van der Waals surface area contributed by atoms with Crippen molar-refractivity contribution in [3.8, 4) is 0 Å². The van der Waals surface area contributed by atoms with Crippen LogP contribution in [0.15, 0.2) is 4.99 Å². The molecular formula is C14H27N3S. The van der Waals surface area contributed by atoms with Gasteiger partial charge in [0.05, 0.1) is 6.04 Å². The first-order chi connectivity index (χ1) is 8.58. The van der Waals surface area contributed by atoms with E-state index < -0.39 is 0 Å². The van der Waals surface area contributed by atoms with E-state index in [1.807, 2.05) is 11.8 Å². The second kappa shape index (κ2) is 5.83. The van der Waals surface area contributed by atoms with Gasteiger partial charge >= 0.3 is 0 Å². The van der Waals surface area contributed by atoms with E-state index in [1.54, 1.807) is 0 Å². The van der Waals surface area contributed by atoms with Gasteiger partial charge in [-0.25, -0.2) is 0 Å². The second-order valence-corrected chi connectivity index (χ2v) is 6.81. The van der Waals surface area contributed by atoms with Crippen LogP contribution >= 0.6 is 11.8 Å². The standard InChI is InChI=1S/C14H27N3S/c1-5-14(6-2)10-18-13(16-14)15-12-7-8-17(4)11(3)9-12/h11-12H,5-10H2,1-4H3,(H,15,16). The summed E-state index contributed by atoms with van der Waals surface area (Å²) in [5.41, 5.74) is 0.306. The Labute approximate surface area is 116 Å². The number of nitrogens with zero attached hydrogens (tertiary/aromatic N) is 2. The molecule has 2 heterocycles. The average Bonchev–Trinajstić information content (AvgIpc) is 2.78. The first kappa shape index (κ1) is 14.2. The van der Waals surface area contributed by atoms with E-state index in [-0.39, 0.29) is 0 Å². The largest absolute Gasteiger partial charge is 0.359 e. The number of hydrogen-bond acceptors (Lipinski definition) is 3. The SMILES string of the molecule is CCC1(CC)CSC(=NC2CCN(C)C(C)C2)N1. The molecule has 0 bridgehead atoms. The molecule has 2 fully saturated rings. The van der Waals surface area contributed by atoms with Crippen LogP contribution in [0.4, 0.5) is 0 Å². The molecule has 3 nitrogen and oxygen atoms in total. The van der Waals surface area contributed by atoms with Crippen molar-refractivity contribution in [1.82, 2.24) is 10.2 Å². The molecule has 104 valence electrons. The zero-order valence-electron chi connectivity index (χ0n) is 12.2. The molecule has 2 unspecified atom stereocenters. The van der Waals surface area contributed by atoms with E-state index in [1.165, 1.54) is 43.1 Å². The fraction of sp³-hybridized carbons (Fsp3) is 0.929. The highest BCUT2D eigenvalue weighted by molar-refractivity contribution is 8.14. The van der Waals surface area contributed by atoms with Gasteiger partial charge in [0, 0.05) is 23.9 Å². The highest BCUT2D eigenvalue weighted by Crippen LogP contribution is 2.30. The van der Waals surface area contributed by atoms with Crippen molar-refractivity contribution in [2.45, 2.75) is 64.1 Å². The molecule has 2 rings (SSSR count). The number of rotatable bonds is 3. The Morgan fingerprint density at radius 1 is 1.44 bits per heavy atom. The molecule has 0 radical (unpaired) electrons. The average molecular weight is 269 g/mol. The van der Waals surface area contributed by atoms with Crippen LogP contribution in [0.2, 0.25) is 0 Å². The molecule has 18 heavy (non-hydrogen) atoms. The molecule has 0 spiro atoms. The summed E-state index contributed by atoms with van der Waals surface area (Å²) in [7, 11) is 2.22. The highest BCUT2D eigenvalue weighted by atomic mass is 32.2. The van der Waals surface area contributed by atoms with Crippen LogP contribution in [-0.4, -0.2) is 47.0 Å². The van der Waals surface area contributed by atoms with Gasteiger partial charge in [-0.05, 0) is 39.7 Å². The van der Waals surface area contributed by atoms with Gasteiger partial charge in [0.15, 0.2) is 5.17 Å². The van der Waals surface area contributed by atoms with Crippen molar-refractivity contribution in [3.63, 3.8) is 0 Å². The summed E-state index contributed by atoms with van der Waals surface area (Å²) in [6, 6.07) is 1.19. The lowest BCUT2D eigenvalue weighted by Gasteiger charge is -2.33. The zero-order chi connectivity index (χ0) is 13.2. The van der Waals surface area contributed by atoms with Crippen LogP contribution in [0.1, 0.15) is 46.5 Å². The van der Waals surface area contributed by atoms with Gasteiger partial charge in [-0.2, -0.15) is 0 Å². The summed E-state index contributed by atoms with van der Waals surface area (Å²) >= 11 is 1.92. The maximum Gasteiger partial charge on any atom is 0.157 e. The van der Waals surface area contributed by atoms with E-state index in [2.05, 4.69) is 38.0 Å². The molecule has 0 aliphatic carbocycles. The molecule has 0 amide bonds. The number of hydrogen-bond donors (Lipinski definition) is 1. The zero-order valence-corrected chi connectivity index (χ0v) is 13.0. The monoisotopic (exact) mass is 269 g/mol. The van der Waals surface area contributed by atoms with Crippen LogP contribution in [0, 0.1) is 0 Å². The Morgan fingerprint density at radius 3 is 2.72 bits per heavy atom. The predicted molar refractivity (Wildman–Crippen MR) is 81.5 cm³/mol. The Bertz CT molecular complexity index is 312. The van der Waals surface area contributed by atoms with Crippen molar-refractivity contribution in [3.05, 3.63) is 0 Å². The normalized spacial score (nSPS) is 34.8. The molecular weight excluding hydrogens is 242 g/mol. The number of nitrogens with one attached hydrogen (secondary N) is 1. The fourth-order valence-electron chi connectivity index (χ4n) is 2.75. The quantitative estimate of drug-likeness (QED) is 0.854. The van der Waals surface area contributed by atoms with Crippen molar-refractivity contribution in [1.29, 1.82) is 0 Å². The first-order valence-corrected chi connectivity index (χ1v) is 8.26. The number of thioether (sulfide) groups is 1. The molecule has 0 aromatic heterocycles. The molecule has 2 aliphatic heterocycles. The lowest BCUT2D eigenvalue weighted by atomic mass is 9.96. The summed E-state index contributed by atoms with van der Waals surface area (Å²) in [4.78, 5) is 7.39. The minimum absolute atomic E-state index is 0.306. The Morgan fingerprint density at radius 2 is 2.17 bits per heavy atom. The molecule has 2 aliphatic rings. The number of amidine groups is 1. The van der Waals surface area contributed by atoms with E-state index >= 15 is 0 Å². The van der Waals surface area contributed by atoms with Crippen LogP contribution in [-0.2, 0) is 0 Å². The Balaban J connectivity index is 1.95. The van der Waals surface area contributed by atoms with Crippen molar-refractivity contribution in [2.24, 2.45) is 4.99 Å². The van der Waals surface area contributed by atoms with Crippen molar-refractivity contribution >= 4 is 16.9 Å². The van der Waals surface area contributed by atoms with Gasteiger partial charge in [0.1, 0.15) is 0 Å². The molecule has 0 saturated carbocycles. The van der Waals surface area contributed by atoms with E-state index in [0.717, 1.165) is 0 Å². The van der Waals surface area contributed by atoms with Crippen LogP contribution in [0.5, 0.6) is 0 Å². The number of likely N-dealkylation sites (tertiary alicyclic amines) is 1. The first-order valence-electron chi connectivity index (χ1n) is 7.27. The summed E-state index contributed by atoms with van der Waals surface area (Å²) in [5.74, 6) is 1.18. The van der Waals surface area contributed by atoms with E-state index in [4.69, 9.17) is 4.99 Å². The lowest BCUT2D eigenvalue weighted by Crippen LogP contribution is -2.43. The minimum atomic E-state index is 0.306. The van der Waals surface area contributed by atoms with Gasteiger partial charge in [-0.15, -0.1) is 0 Å². The van der Waals surface area contributed by atoms with E-state index in [9.17, 15) is 0 Å². The van der Waals surface area contributed by atoms with Gasteiger partial charge in [0.25, 0.3) is 0 Å². The summed E-state index contributed by atoms with van der Waals surface area (Å²) in [6.07, 6.45) is 4.80. The maximum absolute atomic E-state index is 4.95. The summed E-state index contributed by atoms with van der Waals surface area (Å²) < 4.78 is 0. The number of piperidine rings is 1. The smallest absolute Gasteiger partial charge is 0.157 e. The second-order valence-electron chi connectivity index (χ2n) is 5.84. The highest BCUT2D eigenvalue weighted by Gasteiger charge is 2.34. The van der Waals surface area contributed by atoms with Gasteiger partial charge in [0.2, 0.25) is 0 Å². The molecule has 2 atom stereocenters. The van der Waals surface area contributed by atoms with Crippen LogP contribution in [0.25, 0.3) is 0 Å². The third-order valence-corrected chi connectivity index (χ3v) is 5.87. The molecule has 4 heteroatoms. The molecule has 1 N–H and O–H groups in total. The summed E-state index contributed by atoms with van der Waals surface area (Å²) in [6.45, 7) is 8.04. The van der Waals surface area contributed by atoms with Crippen LogP contribution in [0.3, 0.4) is 0 Å². The topological polar surface area (TPSA) is 27.6 Å². The van der Waals surface area contributed by atoms with Gasteiger partial charge < -0.3 is 10.2 Å². The molecule has 0 aromatic carbocycles. The summed E-state index contributed by atoms with van der Waals surface area (Å²) in [5, 5.41) is 4.87. The van der Waals surface area contributed by atoms with Crippen molar-refractivity contribution < 1.29 is 0 Å². The van der Waals surface area contributed by atoms with Crippen LogP contribution < -0.4 is 5.32 Å². The third kappa shape index (κ3) is 3.02. The lowest BCUT2D eigenvalue weighted by molar-refractivity contribution is 0.184. The van der Waals surface area contributed by atoms with Gasteiger partial charge in [-0.1, -0.05) is 25.6 Å². The molecule has 2 saturated heterocycles. The number of aliphatic imine (C=N–C) groups is 1. The van der Waals surface area contributed by atoms with Crippen molar-refractivity contribution in [2.75, 3.05) is 19.3 Å². The Kier molecular flexibility index (Phi) is 4.59. The predicted octanol–water partition coefficient (Wildman–Crippen LogP) is 2.72. The Hall–Kier alpha value is -0.220.